The summed E-state index contributed by atoms with van der Waals surface area (Å²) in [5.74, 6) is -1.98. The Labute approximate surface area is 128 Å². The van der Waals surface area contributed by atoms with E-state index in [1.165, 1.54) is 0 Å². The van der Waals surface area contributed by atoms with Crippen molar-refractivity contribution in [1.82, 2.24) is 10.6 Å². The molecule has 22 heavy (non-hydrogen) atoms. The first-order chi connectivity index (χ1) is 10.1. The highest BCUT2D eigenvalue weighted by Crippen LogP contribution is 2.24. The summed E-state index contributed by atoms with van der Waals surface area (Å²) in [5.41, 5.74) is -0.656. The Morgan fingerprint density at radius 2 is 1.82 bits per heavy atom. The van der Waals surface area contributed by atoms with E-state index in [2.05, 4.69) is 10.6 Å². The number of halogens is 2. The van der Waals surface area contributed by atoms with Crippen LogP contribution in [0, 0.1) is 11.6 Å². The first-order valence-corrected chi connectivity index (χ1v) is 8.44. The number of para-hydroxylation sites is 1. The number of carbonyl (C=O) groups excluding carboxylic acids is 1. The molecule has 1 aromatic rings. The molecular formula is C13H19F2N3O3S. The molecule has 0 saturated carbocycles. The van der Waals surface area contributed by atoms with E-state index in [9.17, 15) is 22.0 Å². The number of nitrogens with zero attached hydrogens (tertiary/aromatic N) is 1. The highest BCUT2D eigenvalue weighted by Gasteiger charge is 2.24. The SMILES string of the molecule is CC(C)NC(=O)NCCN(c1c(F)cccc1F)S(C)(=O)=O. The maximum absolute atomic E-state index is 13.7. The van der Waals surface area contributed by atoms with E-state index < -0.39 is 33.4 Å². The highest BCUT2D eigenvalue weighted by atomic mass is 32.2. The van der Waals surface area contributed by atoms with E-state index >= 15 is 0 Å². The molecule has 9 heteroatoms. The molecule has 0 bridgehead atoms. The van der Waals surface area contributed by atoms with E-state index in [1.807, 2.05) is 0 Å². The number of urea groups is 1. The van der Waals surface area contributed by atoms with Crippen molar-refractivity contribution in [3.63, 3.8) is 0 Å². The second kappa shape index (κ2) is 7.39. The standard InChI is InChI=1S/C13H19F2N3O3S/c1-9(2)17-13(19)16-7-8-18(22(3,20)21)12-10(14)5-4-6-11(12)15/h4-6,9H,7-8H2,1-3H3,(H2,16,17,19). The van der Waals surface area contributed by atoms with E-state index in [1.54, 1.807) is 13.8 Å². The van der Waals surface area contributed by atoms with Gasteiger partial charge in [0.2, 0.25) is 10.0 Å². The molecule has 0 aliphatic rings. The molecule has 6 nitrogen and oxygen atoms in total. The van der Waals surface area contributed by atoms with E-state index in [0.717, 1.165) is 24.5 Å². The number of benzene rings is 1. The smallest absolute Gasteiger partial charge is 0.315 e. The van der Waals surface area contributed by atoms with Gasteiger partial charge in [0, 0.05) is 12.6 Å². The Kier molecular flexibility index (Phi) is 6.10. The zero-order valence-corrected chi connectivity index (χ0v) is 13.4. The molecule has 0 aliphatic heterocycles. The van der Waals surface area contributed by atoms with Gasteiger partial charge in [0.15, 0.2) is 11.6 Å². The third-order valence-corrected chi connectivity index (χ3v) is 3.77. The first kappa shape index (κ1) is 18.1. The largest absolute Gasteiger partial charge is 0.336 e. The fourth-order valence-corrected chi connectivity index (χ4v) is 2.68. The van der Waals surface area contributed by atoms with Crippen molar-refractivity contribution in [2.24, 2.45) is 0 Å². The summed E-state index contributed by atoms with van der Waals surface area (Å²) in [6.45, 7) is 3.13. The summed E-state index contributed by atoms with van der Waals surface area (Å²) in [6, 6.07) is 2.50. The molecule has 0 fully saturated rings. The van der Waals surface area contributed by atoms with Crippen LogP contribution < -0.4 is 14.9 Å². The lowest BCUT2D eigenvalue weighted by atomic mass is 10.3. The van der Waals surface area contributed by atoms with Crippen molar-refractivity contribution in [2.75, 3.05) is 23.7 Å². The maximum atomic E-state index is 13.7. The molecule has 1 rings (SSSR count). The van der Waals surface area contributed by atoms with Crippen LogP contribution >= 0.6 is 0 Å². The lowest BCUT2D eigenvalue weighted by Gasteiger charge is -2.23. The van der Waals surface area contributed by atoms with Crippen molar-refractivity contribution in [3.05, 3.63) is 29.8 Å². The van der Waals surface area contributed by atoms with Crippen LogP contribution in [0.3, 0.4) is 0 Å². The Morgan fingerprint density at radius 3 is 2.27 bits per heavy atom. The minimum Gasteiger partial charge on any atom is -0.336 e. The second-order valence-electron chi connectivity index (χ2n) is 4.96. The minimum absolute atomic E-state index is 0.0879. The number of anilines is 1. The third kappa shape index (κ3) is 5.14. The number of hydrogen-bond donors (Lipinski definition) is 2. The minimum atomic E-state index is -3.90. The molecule has 0 radical (unpaired) electrons. The molecule has 0 atom stereocenters. The van der Waals surface area contributed by atoms with Crippen LogP contribution in [0.4, 0.5) is 19.3 Å². The topological polar surface area (TPSA) is 78.5 Å². The van der Waals surface area contributed by atoms with Gasteiger partial charge in [0.1, 0.15) is 5.69 Å². The zero-order chi connectivity index (χ0) is 16.9. The predicted octanol–water partition coefficient (Wildman–Crippen LogP) is 1.44. The lowest BCUT2D eigenvalue weighted by molar-refractivity contribution is 0.239. The van der Waals surface area contributed by atoms with E-state index in [0.29, 0.717) is 4.31 Å². The van der Waals surface area contributed by atoms with Gasteiger partial charge < -0.3 is 10.6 Å². The average Bonchev–Trinajstić information content (AvgIpc) is 2.34. The molecule has 1 aromatic carbocycles. The number of amides is 2. The van der Waals surface area contributed by atoms with Crippen LogP contribution in [-0.2, 0) is 10.0 Å². The number of nitrogens with one attached hydrogen (secondary N) is 2. The normalized spacial score (nSPS) is 11.4. The fourth-order valence-electron chi connectivity index (χ4n) is 1.75. The van der Waals surface area contributed by atoms with Gasteiger partial charge in [-0.1, -0.05) is 6.07 Å². The molecule has 0 aliphatic carbocycles. The van der Waals surface area contributed by atoms with E-state index in [4.69, 9.17) is 0 Å². The predicted molar refractivity (Wildman–Crippen MR) is 80.2 cm³/mol. The van der Waals surface area contributed by atoms with Gasteiger partial charge in [-0.2, -0.15) is 0 Å². The van der Waals surface area contributed by atoms with Gasteiger partial charge in [-0.05, 0) is 26.0 Å². The molecule has 0 spiro atoms. The first-order valence-electron chi connectivity index (χ1n) is 6.59. The molecule has 2 N–H and O–H groups in total. The van der Waals surface area contributed by atoms with Gasteiger partial charge in [-0.25, -0.2) is 22.0 Å². The summed E-state index contributed by atoms with van der Waals surface area (Å²) in [6.07, 6.45) is 0.840. The zero-order valence-electron chi connectivity index (χ0n) is 12.6. The number of carbonyl (C=O) groups is 1. The van der Waals surface area contributed by atoms with Crippen molar-refractivity contribution in [1.29, 1.82) is 0 Å². The van der Waals surface area contributed by atoms with Gasteiger partial charge in [-0.3, -0.25) is 4.31 Å². The third-order valence-electron chi connectivity index (χ3n) is 2.61. The summed E-state index contributed by atoms with van der Waals surface area (Å²) >= 11 is 0. The second-order valence-corrected chi connectivity index (χ2v) is 6.87. The number of sulfonamides is 1. The van der Waals surface area contributed by atoms with Crippen LogP contribution in [-0.4, -0.2) is 39.8 Å². The highest BCUT2D eigenvalue weighted by molar-refractivity contribution is 7.92. The number of hydrogen-bond acceptors (Lipinski definition) is 3. The fraction of sp³-hybridized carbons (Fsp3) is 0.462. The van der Waals surface area contributed by atoms with Crippen LogP contribution in [0.1, 0.15) is 13.8 Å². The monoisotopic (exact) mass is 335 g/mol. The Bertz CT molecular complexity index is 615. The molecule has 124 valence electrons. The summed E-state index contributed by atoms with van der Waals surface area (Å²) < 4.78 is 51.6. The van der Waals surface area contributed by atoms with Crippen molar-refractivity contribution in [2.45, 2.75) is 19.9 Å². The van der Waals surface area contributed by atoms with Gasteiger partial charge in [0.25, 0.3) is 0 Å². The number of rotatable bonds is 6. The molecular weight excluding hydrogens is 316 g/mol. The summed E-state index contributed by atoms with van der Waals surface area (Å²) in [4.78, 5) is 11.4. The summed E-state index contributed by atoms with van der Waals surface area (Å²) in [7, 11) is -3.90. The Balaban J connectivity index is 2.87. The van der Waals surface area contributed by atoms with Crippen LogP contribution in [0.25, 0.3) is 0 Å². The molecule has 0 unspecified atom stereocenters. The average molecular weight is 335 g/mol. The van der Waals surface area contributed by atoms with Crippen molar-refractivity contribution < 1.29 is 22.0 Å². The van der Waals surface area contributed by atoms with Crippen LogP contribution in [0.5, 0.6) is 0 Å². The Hall–Kier alpha value is -1.90. The quantitative estimate of drug-likeness (QED) is 0.826. The van der Waals surface area contributed by atoms with Gasteiger partial charge in [0.05, 0.1) is 12.8 Å². The summed E-state index contributed by atoms with van der Waals surface area (Å²) in [5, 5.41) is 4.98. The van der Waals surface area contributed by atoms with Crippen LogP contribution in [0.2, 0.25) is 0 Å². The molecule has 0 saturated heterocycles. The lowest BCUT2D eigenvalue weighted by Crippen LogP contribution is -2.44. The van der Waals surface area contributed by atoms with E-state index in [-0.39, 0.29) is 19.1 Å². The molecule has 0 heterocycles. The van der Waals surface area contributed by atoms with Crippen molar-refractivity contribution in [3.8, 4) is 0 Å². The van der Waals surface area contributed by atoms with Crippen molar-refractivity contribution >= 4 is 21.7 Å². The van der Waals surface area contributed by atoms with Gasteiger partial charge in [-0.15, -0.1) is 0 Å². The van der Waals surface area contributed by atoms with Crippen LogP contribution in [0.15, 0.2) is 18.2 Å². The van der Waals surface area contributed by atoms with Gasteiger partial charge >= 0.3 is 6.03 Å². The molecule has 0 aromatic heterocycles. The maximum Gasteiger partial charge on any atom is 0.315 e. The molecule has 2 amide bonds. The Morgan fingerprint density at radius 1 is 1.27 bits per heavy atom.